The first-order valence-electron chi connectivity index (χ1n) is 10.8. The van der Waals surface area contributed by atoms with E-state index in [1.165, 1.54) is 4.88 Å². The Hall–Kier alpha value is -2.18. The molecule has 2 amide bonds. The van der Waals surface area contributed by atoms with Gasteiger partial charge in [0.15, 0.2) is 0 Å². The van der Waals surface area contributed by atoms with Crippen LogP contribution in [0.3, 0.4) is 0 Å². The predicted octanol–water partition coefficient (Wildman–Crippen LogP) is 4.39. The molecule has 1 fully saturated rings. The molecule has 0 bridgehead atoms. The van der Waals surface area contributed by atoms with Gasteiger partial charge in [-0.15, -0.1) is 11.3 Å². The quantitative estimate of drug-likeness (QED) is 0.564. The Labute approximate surface area is 183 Å². The van der Waals surface area contributed by atoms with Gasteiger partial charge in [-0.05, 0) is 43.9 Å². The maximum atomic E-state index is 13.3. The van der Waals surface area contributed by atoms with Crippen molar-refractivity contribution in [1.82, 2.24) is 9.80 Å². The van der Waals surface area contributed by atoms with Crippen LogP contribution in [-0.4, -0.2) is 47.4 Å². The Morgan fingerprint density at radius 2 is 1.87 bits per heavy atom. The molecule has 1 aliphatic rings. The van der Waals surface area contributed by atoms with Gasteiger partial charge in [-0.25, -0.2) is 0 Å². The Kier molecular flexibility index (Phi) is 8.46. The Balaban J connectivity index is 1.73. The van der Waals surface area contributed by atoms with E-state index in [0.717, 1.165) is 36.3 Å². The molecule has 0 saturated carbocycles. The molecule has 1 aromatic heterocycles. The van der Waals surface area contributed by atoms with E-state index in [9.17, 15) is 9.59 Å². The molecule has 0 radical (unpaired) electrons. The van der Waals surface area contributed by atoms with Crippen LogP contribution < -0.4 is 0 Å². The first kappa shape index (κ1) is 22.5. The minimum absolute atomic E-state index is 0.0210. The number of amides is 2. The highest BCUT2D eigenvalue weighted by Crippen LogP contribution is 2.20. The van der Waals surface area contributed by atoms with Crippen molar-refractivity contribution in [1.29, 1.82) is 0 Å². The lowest BCUT2D eigenvalue weighted by atomic mass is 10.2. The number of carbonyl (C=O) groups is 2. The zero-order valence-corrected chi connectivity index (χ0v) is 18.8. The van der Waals surface area contributed by atoms with E-state index < -0.39 is 0 Å². The van der Waals surface area contributed by atoms with E-state index in [-0.39, 0.29) is 24.5 Å². The molecule has 0 spiro atoms. The number of carbonyl (C=O) groups excluding carboxylic acids is 2. The highest BCUT2D eigenvalue weighted by atomic mass is 32.1. The number of nitrogens with zero attached hydrogens (tertiary/aromatic N) is 2. The fourth-order valence-electron chi connectivity index (χ4n) is 3.72. The third-order valence-corrected chi connectivity index (χ3v) is 6.29. The highest BCUT2D eigenvalue weighted by molar-refractivity contribution is 7.11. The summed E-state index contributed by atoms with van der Waals surface area (Å²) < 4.78 is 5.73. The van der Waals surface area contributed by atoms with Crippen molar-refractivity contribution in [3.8, 4) is 0 Å². The van der Waals surface area contributed by atoms with Crippen LogP contribution in [-0.2, 0) is 27.4 Å². The van der Waals surface area contributed by atoms with E-state index in [1.807, 2.05) is 42.2 Å². The fourth-order valence-corrected chi connectivity index (χ4v) is 4.62. The van der Waals surface area contributed by atoms with Gasteiger partial charge in [0.05, 0.1) is 19.2 Å². The van der Waals surface area contributed by atoms with Gasteiger partial charge in [-0.2, -0.15) is 0 Å². The molecule has 1 saturated heterocycles. The van der Waals surface area contributed by atoms with Gasteiger partial charge in [-0.3, -0.25) is 9.59 Å². The van der Waals surface area contributed by atoms with Gasteiger partial charge in [0.25, 0.3) is 0 Å². The highest BCUT2D eigenvalue weighted by Gasteiger charge is 2.26. The van der Waals surface area contributed by atoms with Crippen molar-refractivity contribution < 1.29 is 14.3 Å². The summed E-state index contributed by atoms with van der Waals surface area (Å²) in [6, 6.07) is 14.2. The minimum Gasteiger partial charge on any atom is -0.376 e. The van der Waals surface area contributed by atoms with Crippen LogP contribution in [0.2, 0.25) is 0 Å². The lowest BCUT2D eigenvalue weighted by molar-refractivity contribution is -0.142. The lowest BCUT2D eigenvalue weighted by Crippen LogP contribution is -2.45. The number of ether oxygens (including phenoxy) is 1. The normalized spacial score (nSPS) is 15.9. The van der Waals surface area contributed by atoms with E-state index in [2.05, 4.69) is 19.1 Å². The number of thiophene rings is 1. The molecule has 162 valence electrons. The van der Waals surface area contributed by atoms with Crippen molar-refractivity contribution in [3.63, 3.8) is 0 Å². The molecule has 1 atom stereocenters. The molecule has 6 heteroatoms. The number of hydrogen-bond acceptors (Lipinski definition) is 4. The number of aryl methyl sites for hydroxylation is 1. The van der Waals surface area contributed by atoms with Crippen molar-refractivity contribution in [2.24, 2.45) is 0 Å². The summed E-state index contributed by atoms with van der Waals surface area (Å²) in [4.78, 5) is 32.0. The zero-order valence-electron chi connectivity index (χ0n) is 18.0. The average Bonchev–Trinajstić information content (AvgIpc) is 3.39. The van der Waals surface area contributed by atoms with Crippen LogP contribution in [0.25, 0.3) is 0 Å². The van der Waals surface area contributed by atoms with Crippen molar-refractivity contribution in [2.75, 3.05) is 19.7 Å². The summed E-state index contributed by atoms with van der Waals surface area (Å²) in [7, 11) is 0. The molecular weight excluding hydrogens is 396 g/mol. The first-order valence-corrected chi connectivity index (χ1v) is 11.6. The van der Waals surface area contributed by atoms with Gasteiger partial charge in [0, 0.05) is 35.9 Å². The first-order chi connectivity index (χ1) is 14.5. The van der Waals surface area contributed by atoms with Crippen LogP contribution in [0.15, 0.2) is 42.5 Å². The van der Waals surface area contributed by atoms with E-state index in [0.29, 0.717) is 26.1 Å². The summed E-state index contributed by atoms with van der Waals surface area (Å²) in [5.41, 5.74) is 1.09. The molecular formula is C24H32N2O3S. The van der Waals surface area contributed by atoms with Crippen molar-refractivity contribution in [2.45, 2.75) is 58.7 Å². The Morgan fingerprint density at radius 3 is 2.50 bits per heavy atom. The van der Waals surface area contributed by atoms with Crippen LogP contribution in [0, 0.1) is 6.92 Å². The topological polar surface area (TPSA) is 49.9 Å². The molecule has 5 nitrogen and oxygen atoms in total. The van der Waals surface area contributed by atoms with E-state index in [4.69, 9.17) is 4.74 Å². The molecule has 0 unspecified atom stereocenters. The molecule has 2 heterocycles. The van der Waals surface area contributed by atoms with Crippen LogP contribution in [0.1, 0.15) is 47.9 Å². The minimum atomic E-state index is -0.0210. The summed E-state index contributed by atoms with van der Waals surface area (Å²) in [5, 5.41) is 0. The van der Waals surface area contributed by atoms with Gasteiger partial charge in [0.1, 0.15) is 0 Å². The molecule has 0 N–H and O–H groups in total. The molecule has 0 aliphatic carbocycles. The third-order valence-electron chi connectivity index (χ3n) is 5.30. The summed E-state index contributed by atoms with van der Waals surface area (Å²) in [6.45, 7) is 6.51. The molecule has 1 aromatic carbocycles. The largest absolute Gasteiger partial charge is 0.376 e. The molecule has 3 rings (SSSR count). The average molecular weight is 429 g/mol. The van der Waals surface area contributed by atoms with Gasteiger partial charge in [-0.1, -0.05) is 37.3 Å². The van der Waals surface area contributed by atoms with Gasteiger partial charge in [0.2, 0.25) is 11.8 Å². The monoisotopic (exact) mass is 428 g/mol. The fraction of sp³-hybridized carbons (Fsp3) is 0.500. The van der Waals surface area contributed by atoms with Crippen molar-refractivity contribution in [3.05, 3.63) is 57.8 Å². The molecule has 2 aromatic rings. The Morgan fingerprint density at radius 1 is 1.07 bits per heavy atom. The Bertz CT molecular complexity index is 815. The van der Waals surface area contributed by atoms with Gasteiger partial charge < -0.3 is 14.5 Å². The second-order valence-electron chi connectivity index (χ2n) is 7.91. The maximum Gasteiger partial charge on any atom is 0.242 e. The number of rotatable bonds is 10. The lowest BCUT2D eigenvalue weighted by Gasteiger charge is -2.29. The second kappa shape index (κ2) is 11.3. The molecule has 30 heavy (non-hydrogen) atoms. The number of hydrogen-bond donors (Lipinski definition) is 0. The predicted molar refractivity (Wildman–Crippen MR) is 120 cm³/mol. The zero-order chi connectivity index (χ0) is 21.3. The summed E-state index contributed by atoms with van der Waals surface area (Å²) in [5.74, 6) is 0.0142. The van der Waals surface area contributed by atoms with Crippen molar-refractivity contribution >= 4 is 23.2 Å². The number of benzene rings is 1. The smallest absolute Gasteiger partial charge is 0.242 e. The van der Waals surface area contributed by atoms with Gasteiger partial charge >= 0.3 is 0 Å². The maximum absolute atomic E-state index is 13.3. The third kappa shape index (κ3) is 6.67. The molecule has 1 aliphatic heterocycles. The van der Waals surface area contributed by atoms with Crippen LogP contribution in [0.5, 0.6) is 0 Å². The SMILES string of the molecule is CCCC(=O)N(CC(=O)N(Cc1ccccc1)Cc1ccc(C)s1)C[C@H]1CCCO1. The second-order valence-corrected chi connectivity index (χ2v) is 9.28. The van der Waals surface area contributed by atoms with E-state index in [1.54, 1.807) is 16.2 Å². The summed E-state index contributed by atoms with van der Waals surface area (Å²) >= 11 is 1.71. The summed E-state index contributed by atoms with van der Waals surface area (Å²) in [6.07, 6.45) is 3.25. The standard InChI is InChI=1S/C24H32N2O3S/c1-3-8-23(27)26(16-21-11-7-14-29-21)18-24(28)25(15-20-9-5-4-6-10-20)17-22-13-12-19(2)30-22/h4-6,9-10,12-13,21H,3,7-8,11,14-18H2,1-2H3/t21-/m1/s1. The van der Waals surface area contributed by atoms with E-state index >= 15 is 0 Å². The van der Waals surface area contributed by atoms with Crippen LogP contribution in [0.4, 0.5) is 0 Å². The van der Waals surface area contributed by atoms with Crippen LogP contribution >= 0.6 is 11.3 Å².